The molecule has 0 radical (unpaired) electrons. The Morgan fingerprint density at radius 3 is 2.53 bits per heavy atom. The number of urea groups is 1. The highest BCUT2D eigenvalue weighted by Crippen LogP contribution is 2.18. The highest BCUT2D eigenvalue weighted by molar-refractivity contribution is 6.30. The fourth-order valence-corrected chi connectivity index (χ4v) is 1.44. The lowest BCUT2D eigenvalue weighted by Gasteiger charge is -2.17. The Labute approximate surface area is 113 Å². The number of hydrogen-bond acceptors (Lipinski definition) is 3. The van der Waals surface area contributed by atoms with Crippen LogP contribution in [0.15, 0.2) is 18.2 Å². The van der Waals surface area contributed by atoms with E-state index in [9.17, 15) is 19.1 Å². The van der Waals surface area contributed by atoms with Crippen molar-refractivity contribution in [3.8, 4) is 0 Å². The lowest BCUT2D eigenvalue weighted by atomic mass is 10.2. The summed E-state index contributed by atoms with van der Waals surface area (Å²) in [7, 11) is 0. The number of amides is 2. The fourth-order valence-electron chi connectivity index (χ4n) is 1.28. The van der Waals surface area contributed by atoms with Crippen molar-refractivity contribution in [2.24, 2.45) is 0 Å². The van der Waals surface area contributed by atoms with E-state index >= 15 is 0 Å². The van der Waals surface area contributed by atoms with Crippen LogP contribution in [0.2, 0.25) is 5.02 Å². The third kappa shape index (κ3) is 4.38. The number of aliphatic hydroxyl groups excluding tert-OH is 1. The average molecular weight is 291 g/mol. The third-order valence-corrected chi connectivity index (χ3v) is 2.45. The maximum atomic E-state index is 13.4. The second-order valence-electron chi connectivity index (χ2n) is 3.78. The standard InChI is InChI=1S/C11H12ClFN2O4/c1-5(16)9(10(17)18)15-11(19)14-8-3-2-6(12)4-7(8)13/h2-5,9,16H,1H3,(H,17,18)(H2,14,15,19)/t5-,9+/m1/s1. The third-order valence-electron chi connectivity index (χ3n) is 2.21. The summed E-state index contributed by atoms with van der Waals surface area (Å²) in [5.41, 5.74) is -0.156. The number of hydrogen-bond donors (Lipinski definition) is 4. The van der Waals surface area contributed by atoms with Crippen LogP contribution in [0.3, 0.4) is 0 Å². The summed E-state index contributed by atoms with van der Waals surface area (Å²) in [4.78, 5) is 22.2. The van der Waals surface area contributed by atoms with Gasteiger partial charge in [-0.3, -0.25) is 0 Å². The zero-order valence-electron chi connectivity index (χ0n) is 9.85. The van der Waals surface area contributed by atoms with Crippen LogP contribution in [0.25, 0.3) is 0 Å². The molecule has 0 saturated carbocycles. The molecular formula is C11H12ClFN2O4. The molecule has 8 heteroatoms. The number of halogens is 2. The van der Waals surface area contributed by atoms with Gasteiger partial charge in [-0.1, -0.05) is 11.6 Å². The lowest BCUT2D eigenvalue weighted by Crippen LogP contribution is -2.49. The molecule has 0 heterocycles. The Morgan fingerprint density at radius 2 is 2.05 bits per heavy atom. The van der Waals surface area contributed by atoms with Crippen LogP contribution < -0.4 is 10.6 Å². The monoisotopic (exact) mass is 290 g/mol. The first-order valence-electron chi connectivity index (χ1n) is 5.24. The Hall–Kier alpha value is -1.86. The Bertz CT molecular complexity index is 496. The second kappa shape index (κ2) is 6.35. The average Bonchev–Trinajstić information content (AvgIpc) is 2.29. The first kappa shape index (κ1) is 15.2. The van der Waals surface area contributed by atoms with Crippen LogP contribution in [0.4, 0.5) is 14.9 Å². The zero-order chi connectivity index (χ0) is 14.6. The van der Waals surface area contributed by atoms with Crippen LogP contribution >= 0.6 is 11.6 Å². The van der Waals surface area contributed by atoms with Crippen LogP contribution in [0.1, 0.15) is 6.92 Å². The highest BCUT2D eigenvalue weighted by Gasteiger charge is 2.25. The molecule has 0 bridgehead atoms. The number of carboxylic acids is 1. The summed E-state index contributed by atoms with van der Waals surface area (Å²) in [6.45, 7) is 1.21. The summed E-state index contributed by atoms with van der Waals surface area (Å²) < 4.78 is 13.4. The number of carboxylic acid groups (broad SMARTS) is 1. The van der Waals surface area contributed by atoms with Gasteiger partial charge in [0.25, 0.3) is 0 Å². The number of rotatable bonds is 4. The van der Waals surface area contributed by atoms with Crippen molar-refractivity contribution in [3.05, 3.63) is 29.0 Å². The van der Waals surface area contributed by atoms with Gasteiger partial charge in [0.1, 0.15) is 5.82 Å². The maximum Gasteiger partial charge on any atom is 0.328 e. The molecule has 1 aromatic carbocycles. The summed E-state index contributed by atoms with van der Waals surface area (Å²) in [6.07, 6.45) is -1.29. The van der Waals surface area contributed by atoms with Crippen molar-refractivity contribution in [1.29, 1.82) is 0 Å². The minimum absolute atomic E-state index is 0.156. The number of nitrogens with one attached hydrogen (secondary N) is 2. The molecule has 0 aliphatic carbocycles. The van der Waals surface area contributed by atoms with Crippen molar-refractivity contribution >= 4 is 29.3 Å². The van der Waals surface area contributed by atoms with E-state index in [4.69, 9.17) is 16.7 Å². The summed E-state index contributed by atoms with van der Waals surface area (Å²) in [5.74, 6) is -2.16. The van der Waals surface area contributed by atoms with Gasteiger partial charge in [0.05, 0.1) is 11.8 Å². The fraction of sp³-hybridized carbons (Fsp3) is 0.273. The van der Waals surface area contributed by atoms with Crippen molar-refractivity contribution in [2.75, 3.05) is 5.32 Å². The van der Waals surface area contributed by atoms with E-state index in [0.717, 1.165) is 6.07 Å². The Kier molecular flexibility index (Phi) is 5.08. The van der Waals surface area contributed by atoms with Crippen molar-refractivity contribution in [1.82, 2.24) is 5.32 Å². The van der Waals surface area contributed by atoms with Gasteiger partial charge >= 0.3 is 12.0 Å². The summed E-state index contributed by atoms with van der Waals surface area (Å²) in [6, 6.07) is 1.16. The predicted octanol–water partition coefficient (Wildman–Crippen LogP) is 1.43. The van der Waals surface area contributed by atoms with E-state index in [1.54, 1.807) is 0 Å². The molecule has 0 aliphatic heterocycles. The molecule has 2 amide bonds. The quantitative estimate of drug-likeness (QED) is 0.674. The number of aliphatic hydroxyl groups is 1. The van der Waals surface area contributed by atoms with E-state index in [1.807, 2.05) is 5.32 Å². The summed E-state index contributed by atoms with van der Waals surface area (Å²) >= 11 is 5.54. The van der Waals surface area contributed by atoms with Gasteiger partial charge in [-0.15, -0.1) is 0 Å². The molecule has 0 aromatic heterocycles. The van der Waals surface area contributed by atoms with Gasteiger partial charge < -0.3 is 20.8 Å². The number of benzene rings is 1. The topological polar surface area (TPSA) is 98.7 Å². The minimum Gasteiger partial charge on any atom is -0.480 e. The van der Waals surface area contributed by atoms with E-state index < -0.39 is 30.0 Å². The highest BCUT2D eigenvalue weighted by atomic mass is 35.5. The van der Waals surface area contributed by atoms with Crippen LogP contribution in [-0.4, -0.2) is 34.4 Å². The lowest BCUT2D eigenvalue weighted by molar-refractivity contribution is -0.141. The number of carbonyl (C=O) groups excluding carboxylic acids is 1. The molecule has 0 aliphatic rings. The van der Waals surface area contributed by atoms with Gasteiger partial charge in [0.15, 0.2) is 6.04 Å². The number of anilines is 1. The van der Waals surface area contributed by atoms with Crippen LogP contribution in [0, 0.1) is 5.82 Å². The number of aliphatic carboxylic acids is 1. The van der Waals surface area contributed by atoms with E-state index in [1.165, 1.54) is 19.1 Å². The molecular weight excluding hydrogens is 279 g/mol. The minimum atomic E-state index is -1.49. The van der Waals surface area contributed by atoms with Gasteiger partial charge in [-0.05, 0) is 25.1 Å². The van der Waals surface area contributed by atoms with Crippen LogP contribution in [0.5, 0.6) is 0 Å². The van der Waals surface area contributed by atoms with Crippen LogP contribution in [-0.2, 0) is 4.79 Å². The molecule has 1 aromatic rings. The molecule has 4 N–H and O–H groups in total. The number of carbonyl (C=O) groups is 2. The maximum absolute atomic E-state index is 13.4. The smallest absolute Gasteiger partial charge is 0.328 e. The molecule has 0 unspecified atom stereocenters. The molecule has 0 fully saturated rings. The van der Waals surface area contributed by atoms with Gasteiger partial charge in [0, 0.05) is 5.02 Å². The molecule has 2 atom stereocenters. The molecule has 19 heavy (non-hydrogen) atoms. The van der Waals surface area contributed by atoms with Gasteiger partial charge in [-0.25, -0.2) is 14.0 Å². The molecule has 104 valence electrons. The van der Waals surface area contributed by atoms with E-state index in [0.29, 0.717) is 0 Å². The Morgan fingerprint density at radius 1 is 1.42 bits per heavy atom. The van der Waals surface area contributed by atoms with Gasteiger partial charge in [0.2, 0.25) is 0 Å². The Balaban J connectivity index is 2.72. The zero-order valence-corrected chi connectivity index (χ0v) is 10.6. The molecule has 0 saturated heterocycles. The SMILES string of the molecule is C[C@@H](O)[C@H](NC(=O)Nc1ccc(Cl)cc1F)C(=O)O. The van der Waals surface area contributed by atoms with Crippen molar-refractivity contribution in [3.63, 3.8) is 0 Å². The second-order valence-corrected chi connectivity index (χ2v) is 4.22. The van der Waals surface area contributed by atoms with Crippen molar-refractivity contribution in [2.45, 2.75) is 19.1 Å². The first-order chi connectivity index (χ1) is 8.81. The summed E-state index contributed by atoms with van der Waals surface area (Å²) in [5, 5.41) is 22.2. The molecule has 6 nitrogen and oxygen atoms in total. The molecule has 1 rings (SSSR count). The molecule has 0 spiro atoms. The van der Waals surface area contributed by atoms with E-state index in [2.05, 4.69) is 5.32 Å². The first-order valence-corrected chi connectivity index (χ1v) is 5.62. The van der Waals surface area contributed by atoms with Crippen molar-refractivity contribution < 1.29 is 24.2 Å². The normalized spacial score (nSPS) is 13.5. The predicted molar refractivity (Wildman–Crippen MR) is 66.7 cm³/mol. The van der Waals surface area contributed by atoms with Gasteiger partial charge in [-0.2, -0.15) is 0 Å². The largest absolute Gasteiger partial charge is 0.480 e. The van der Waals surface area contributed by atoms with E-state index in [-0.39, 0.29) is 10.7 Å².